The Morgan fingerprint density at radius 2 is 1.73 bits per heavy atom. The molecule has 0 bridgehead atoms. The van der Waals surface area contributed by atoms with Crippen LogP contribution in [-0.2, 0) is 13.2 Å². The highest BCUT2D eigenvalue weighted by Gasteiger charge is 2.15. The lowest BCUT2D eigenvalue weighted by Crippen LogP contribution is -2.22. The number of anilines is 1. The van der Waals surface area contributed by atoms with Crippen LogP contribution in [0.3, 0.4) is 0 Å². The lowest BCUT2D eigenvalue weighted by molar-refractivity contribution is 0.264. The molecule has 0 saturated heterocycles. The molecule has 0 saturated carbocycles. The number of benzene rings is 3. The van der Waals surface area contributed by atoms with Crippen molar-refractivity contribution >= 4 is 21.6 Å². The smallest absolute Gasteiger partial charge is 0.175 e. The lowest BCUT2D eigenvalue weighted by atomic mass is 10.1. The molecule has 0 aromatic heterocycles. The van der Waals surface area contributed by atoms with Crippen LogP contribution in [0.2, 0.25) is 0 Å². The first-order valence-corrected chi connectivity index (χ1v) is 10.7. The number of phenolic OH excluding ortho intramolecular Hbond substituents is 1. The van der Waals surface area contributed by atoms with Crippen molar-refractivity contribution < 1.29 is 19.0 Å². The second-order valence-corrected chi connectivity index (χ2v) is 7.60. The fourth-order valence-electron chi connectivity index (χ4n) is 3.15. The van der Waals surface area contributed by atoms with Crippen LogP contribution in [0, 0.1) is 5.82 Å². The van der Waals surface area contributed by atoms with Gasteiger partial charge in [-0.3, -0.25) is 0 Å². The van der Waals surface area contributed by atoms with Crippen LogP contribution in [-0.4, -0.2) is 18.3 Å². The van der Waals surface area contributed by atoms with Crippen LogP contribution in [0.15, 0.2) is 65.1 Å². The van der Waals surface area contributed by atoms with Gasteiger partial charge in [-0.25, -0.2) is 4.39 Å². The van der Waals surface area contributed by atoms with Gasteiger partial charge < -0.3 is 19.5 Å². The molecule has 3 rings (SSSR count). The summed E-state index contributed by atoms with van der Waals surface area (Å²) in [7, 11) is 0. The highest BCUT2D eigenvalue weighted by molar-refractivity contribution is 9.10. The van der Waals surface area contributed by atoms with Crippen molar-refractivity contribution in [3.8, 4) is 17.2 Å². The predicted octanol–water partition coefficient (Wildman–Crippen LogP) is 6.30. The van der Waals surface area contributed by atoms with E-state index < -0.39 is 0 Å². The molecule has 0 amide bonds. The number of ether oxygens (including phenoxy) is 2. The maximum atomic E-state index is 13.9. The largest absolute Gasteiger partial charge is 0.508 e. The summed E-state index contributed by atoms with van der Waals surface area (Å²) >= 11 is 3.59. The number of aromatic hydroxyl groups is 1. The van der Waals surface area contributed by atoms with Crippen molar-refractivity contribution in [2.45, 2.75) is 27.0 Å². The Morgan fingerprint density at radius 1 is 1.00 bits per heavy atom. The number of phenols is 1. The van der Waals surface area contributed by atoms with E-state index >= 15 is 0 Å². The third-order valence-corrected chi connectivity index (χ3v) is 5.26. The summed E-state index contributed by atoms with van der Waals surface area (Å²) in [6.07, 6.45) is 0. The van der Waals surface area contributed by atoms with Crippen LogP contribution < -0.4 is 14.4 Å². The minimum atomic E-state index is -0.296. The third-order valence-electron chi connectivity index (χ3n) is 4.67. The Bertz CT molecular complexity index is 979. The lowest BCUT2D eigenvalue weighted by Gasteiger charge is -2.24. The van der Waals surface area contributed by atoms with E-state index in [1.165, 1.54) is 6.07 Å². The van der Waals surface area contributed by atoms with Gasteiger partial charge in [-0.2, -0.15) is 0 Å². The second-order valence-electron chi connectivity index (χ2n) is 6.75. The molecule has 30 heavy (non-hydrogen) atoms. The molecule has 3 aromatic rings. The zero-order valence-corrected chi connectivity index (χ0v) is 18.7. The summed E-state index contributed by atoms with van der Waals surface area (Å²) in [5.41, 5.74) is 2.54. The number of nitrogens with zero attached hydrogens (tertiary/aromatic N) is 1. The molecule has 0 spiro atoms. The van der Waals surface area contributed by atoms with Crippen LogP contribution in [0.25, 0.3) is 0 Å². The first-order chi connectivity index (χ1) is 14.5. The summed E-state index contributed by atoms with van der Waals surface area (Å²) in [4.78, 5) is 2.19. The zero-order chi connectivity index (χ0) is 21.5. The summed E-state index contributed by atoms with van der Waals surface area (Å²) in [5.74, 6) is 1.11. The van der Waals surface area contributed by atoms with Gasteiger partial charge in [-0.15, -0.1) is 0 Å². The summed E-state index contributed by atoms with van der Waals surface area (Å²) in [6, 6.07) is 17.6. The average molecular weight is 474 g/mol. The summed E-state index contributed by atoms with van der Waals surface area (Å²) in [5, 5.41) is 9.53. The molecular weight excluding hydrogens is 449 g/mol. The van der Waals surface area contributed by atoms with Crippen molar-refractivity contribution in [1.82, 2.24) is 0 Å². The monoisotopic (exact) mass is 473 g/mol. The fraction of sp³-hybridized carbons (Fsp3) is 0.250. The van der Waals surface area contributed by atoms with Crippen molar-refractivity contribution in [1.29, 1.82) is 0 Å². The van der Waals surface area contributed by atoms with Gasteiger partial charge in [0.2, 0.25) is 0 Å². The molecule has 1 N–H and O–H groups in total. The highest BCUT2D eigenvalue weighted by atomic mass is 79.9. The standard InChI is InChI=1S/C24H25BrFNO3/c1-3-27(19-9-11-20(28)12-10-19)15-17-13-21(25)24(23(14-17)29-4-2)30-16-18-7-5-6-8-22(18)26/h5-14,28H,3-4,15-16H2,1-2H3. The van der Waals surface area contributed by atoms with Crippen LogP contribution in [0.5, 0.6) is 17.2 Å². The van der Waals surface area contributed by atoms with E-state index in [-0.39, 0.29) is 18.2 Å². The van der Waals surface area contributed by atoms with E-state index in [1.807, 2.05) is 31.2 Å². The first kappa shape index (κ1) is 22.0. The van der Waals surface area contributed by atoms with E-state index in [0.717, 1.165) is 22.3 Å². The molecular formula is C24H25BrFNO3. The van der Waals surface area contributed by atoms with Gasteiger partial charge in [0.1, 0.15) is 18.2 Å². The Morgan fingerprint density at radius 3 is 2.40 bits per heavy atom. The number of hydrogen-bond donors (Lipinski definition) is 1. The van der Waals surface area contributed by atoms with E-state index in [9.17, 15) is 9.50 Å². The minimum Gasteiger partial charge on any atom is -0.508 e. The highest BCUT2D eigenvalue weighted by Crippen LogP contribution is 2.38. The van der Waals surface area contributed by atoms with Crippen molar-refractivity contribution in [3.63, 3.8) is 0 Å². The molecule has 0 unspecified atom stereocenters. The maximum absolute atomic E-state index is 13.9. The van der Waals surface area contributed by atoms with Crippen LogP contribution in [0.4, 0.5) is 10.1 Å². The molecule has 0 atom stereocenters. The number of rotatable bonds is 9. The van der Waals surface area contributed by atoms with E-state index in [2.05, 4.69) is 27.8 Å². The van der Waals surface area contributed by atoms with Gasteiger partial charge in [-0.1, -0.05) is 18.2 Å². The summed E-state index contributed by atoms with van der Waals surface area (Å²) < 4.78 is 26.4. The quantitative estimate of drug-likeness (QED) is 0.395. The fourth-order valence-corrected chi connectivity index (χ4v) is 3.75. The van der Waals surface area contributed by atoms with E-state index in [4.69, 9.17) is 9.47 Å². The van der Waals surface area contributed by atoms with Gasteiger partial charge in [0, 0.05) is 24.3 Å². The average Bonchev–Trinajstić information content (AvgIpc) is 2.73. The molecule has 0 aliphatic carbocycles. The second kappa shape index (κ2) is 10.3. The van der Waals surface area contributed by atoms with Gasteiger partial charge in [0.05, 0.1) is 11.1 Å². The minimum absolute atomic E-state index is 0.110. The van der Waals surface area contributed by atoms with Crippen molar-refractivity contribution in [3.05, 3.63) is 82.1 Å². The number of hydrogen-bond acceptors (Lipinski definition) is 4. The van der Waals surface area contributed by atoms with Crippen LogP contribution in [0.1, 0.15) is 25.0 Å². The van der Waals surface area contributed by atoms with E-state index in [0.29, 0.717) is 30.2 Å². The van der Waals surface area contributed by atoms with Crippen LogP contribution >= 0.6 is 15.9 Å². The molecule has 4 nitrogen and oxygen atoms in total. The Hall–Kier alpha value is -2.73. The van der Waals surface area contributed by atoms with Gasteiger partial charge in [0.25, 0.3) is 0 Å². The first-order valence-electron chi connectivity index (χ1n) is 9.87. The van der Waals surface area contributed by atoms with Gasteiger partial charge >= 0.3 is 0 Å². The molecule has 3 aromatic carbocycles. The Kier molecular flexibility index (Phi) is 7.57. The SMILES string of the molecule is CCOc1cc(CN(CC)c2ccc(O)cc2)cc(Br)c1OCc1ccccc1F. The molecule has 6 heteroatoms. The predicted molar refractivity (Wildman–Crippen MR) is 121 cm³/mol. The topological polar surface area (TPSA) is 41.9 Å². The molecule has 0 fully saturated rings. The molecule has 0 heterocycles. The number of halogens is 2. The maximum Gasteiger partial charge on any atom is 0.175 e. The normalized spacial score (nSPS) is 10.7. The Balaban J connectivity index is 1.82. The zero-order valence-electron chi connectivity index (χ0n) is 17.1. The van der Waals surface area contributed by atoms with Gasteiger partial charge in [-0.05, 0) is 77.8 Å². The molecule has 0 aliphatic heterocycles. The summed E-state index contributed by atoms with van der Waals surface area (Å²) in [6.45, 7) is 6.05. The molecule has 158 valence electrons. The third kappa shape index (κ3) is 5.45. The van der Waals surface area contributed by atoms with Gasteiger partial charge in [0.15, 0.2) is 11.5 Å². The molecule has 0 radical (unpaired) electrons. The van der Waals surface area contributed by atoms with E-state index in [1.54, 1.807) is 30.3 Å². The molecule has 0 aliphatic rings. The van der Waals surface area contributed by atoms with Crippen molar-refractivity contribution in [2.75, 3.05) is 18.1 Å². The Labute approximate surface area is 185 Å². The van der Waals surface area contributed by atoms with Crippen molar-refractivity contribution in [2.24, 2.45) is 0 Å².